The normalized spacial score (nSPS) is 17.8. The first kappa shape index (κ1) is 57.2. The minimum atomic E-state index is -0.456. The molecule has 398 valence electrons. The Morgan fingerprint density at radius 3 is 1.32 bits per heavy atom. The molecule has 0 spiro atoms. The third kappa shape index (κ3) is 12.2. The van der Waals surface area contributed by atoms with Crippen molar-refractivity contribution in [1.29, 1.82) is 0 Å². The van der Waals surface area contributed by atoms with Gasteiger partial charge in [-0.05, 0) is 205 Å². The molecule has 2 aliphatic carbocycles. The lowest BCUT2D eigenvalue weighted by Gasteiger charge is -2.34. The first-order valence-corrected chi connectivity index (χ1v) is 28.5. The second-order valence-electron chi connectivity index (χ2n) is 23.9. The van der Waals surface area contributed by atoms with Crippen LogP contribution in [0.3, 0.4) is 0 Å². The van der Waals surface area contributed by atoms with Crippen molar-refractivity contribution in [3.63, 3.8) is 0 Å². The van der Waals surface area contributed by atoms with Crippen LogP contribution in [-0.2, 0) is 48.9 Å². The van der Waals surface area contributed by atoms with Gasteiger partial charge in [-0.2, -0.15) is 0 Å². The Morgan fingerprint density at radius 2 is 0.946 bits per heavy atom. The molecule has 8 rings (SSSR count). The highest BCUT2D eigenvalue weighted by molar-refractivity contribution is 6.62. The average Bonchev–Trinajstić information content (AvgIpc) is 4.08. The average molecular weight is 1000 g/mol. The summed E-state index contributed by atoms with van der Waals surface area (Å²) in [6.45, 7) is 26.5. The maximum absolute atomic E-state index is 11.6. The zero-order valence-corrected chi connectivity index (χ0v) is 47.9. The van der Waals surface area contributed by atoms with E-state index in [9.17, 15) is 15.0 Å². The van der Waals surface area contributed by atoms with Crippen molar-refractivity contribution in [1.82, 2.24) is 0 Å². The number of carbonyl (C=O) groups excluding carboxylic acids is 1. The zero-order valence-electron chi connectivity index (χ0n) is 47.9. The van der Waals surface area contributed by atoms with Crippen LogP contribution in [0.15, 0.2) is 97.1 Å². The number of benzene rings is 5. The van der Waals surface area contributed by atoms with E-state index in [2.05, 4.69) is 168 Å². The number of ether oxygens (including phenoxy) is 1. The van der Waals surface area contributed by atoms with Gasteiger partial charge < -0.3 is 24.3 Å². The maximum atomic E-state index is 11.6. The van der Waals surface area contributed by atoms with E-state index in [1.807, 2.05) is 12.1 Å². The number of rotatable bonds is 18. The molecule has 0 radical (unpaired) electrons. The molecule has 6 nitrogen and oxygen atoms in total. The molecular weight excluding hydrogens is 912 g/mol. The Kier molecular flexibility index (Phi) is 18.1. The molecule has 5 aromatic rings. The first-order valence-electron chi connectivity index (χ1n) is 28.5. The van der Waals surface area contributed by atoms with Crippen molar-refractivity contribution < 1.29 is 29.1 Å². The fourth-order valence-corrected chi connectivity index (χ4v) is 12.8. The van der Waals surface area contributed by atoms with E-state index in [0.29, 0.717) is 6.42 Å². The summed E-state index contributed by atoms with van der Waals surface area (Å²) in [4.78, 5) is 11.6. The van der Waals surface area contributed by atoms with Gasteiger partial charge in [-0.1, -0.05) is 156 Å². The smallest absolute Gasteiger partial charge is 0.469 e. The molecule has 74 heavy (non-hydrogen) atoms. The van der Waals surface area contributed by atoms with Crippen molar-refractivity contribution >= 4 is 18.6 Å². The Morgan fingerprint density at radius 1 is 0.554 bits per heavy atom. The summed E-state index contributed by atoms with van der Waals surface area (Å²) < 4.78 is 17.5. The molecule has 2 saturated carbocycles. The van der Waals surface area contributed by atoms with Gasteiger partial charge in [0.2, 0.25) is 0 Å². The lowest BCUT2D eigenvalue weighted by atomic mass is 9.67. The van der Waals surface area contributed by atoms with E-state index in [-0.39, 0.29) is 35.1 Å². The lowest BCUT2D eigenvalue weighted by Crippen LogP contribution is -2.41. The minimum Gasteiger partial charge on any atom is -0.469 e. The molecule has 3 fully saturated rings. The number of hydrogen-bond acceptors (Lipinski definition) is 6. The molecular formula is C67H91BO6. The van der Waals surface area contributed by atoms with Crippen LogP contribution in [-0.4, -0.2) is 52.8 Å². The SMILES string of the molecule is CCC(CC)(c1ccc(CCC2(O)CCCC2)c(C)c1)c1ccc(-c2ccc(CC(=O)OC)cc2)c(C)c1.CCC(CC)(c1ccc(CCC2(O)CCCC2)c(C)c1)c1ccc(B2OC(C)(C)C(C)(C)O2)c(C)c1. The molecule has 0 amide bonds. The van der Waals surface area contributed by atoms with Gasteiger partial charge in [0.05, 0.1) is 35.9 Å². The van der Waals surface area contributed by atoms with Gasteiger partial charge in [-0.15, -0.1) is 0 Å². The van der Waals surface area contributed by atoms with Crippen LogP contribution in [0, 0.1) is 27.7 Å². The monoisotopic (exact) mass is 1000 g/mol. The standard InChI is InChI=1S/C35H44O3.C32H47BO3/c1-6-35(7-2,30-15-14-28(25(3)22-30)18-21-34(37)19-8-9-20-34)31-16-17-32(26(4)23-31)29-12-10-27(11-13-29)24-33(36)38-5;1-9-32(10-2,26-14-13-25(23(3)21-26)17-20-31(34)18-11-12-19-31)27-15-16-28(24(4)22-27)33-35-29(5,6)30(7,8)36-33/h10-17,22-23,37H,6-9,18-21,24H2,1-5H3;13-16,21-22,34H,9-12,17-20H2,1-8H3. The summed E-state index contributed by atoms with van der Waals surface area (Å²) in [6.07, 6.45) is 16.5. The van der Waals surface area contributed by atoms with Gasteiger partial charge in [0.25, 0.3) is 0 Å². The molecule has 0 aromatic heterocycles. The van der Waals surface area contributed by atoms with Crippen LogP contribution >= 0.6 is 0 Å². The van der Waals surface area contributed by atoms with Crippen LogP contribution in [0.2, 0.25) is 0 Å². The van der Waals surface area contributed by atoms with Crippen LogP contribution in [0.5, 0.6) is 0 Å². The molecule has 1 aliphatic heterocycles. The highest BCUT2D eigenvalue weighted by Gasteiger charge is 2.52. The summed E-state index contributed by atoms with van der Waals surface area (Å²) in [5, 5.41) is 21.6. The molecule has 0 bridgehead atoms. The van der Waals surface area contributed by atoms with Gasteiger partial charge >= 0.3 is 13.1 Å². The van der Waals surface area contributed by atoms with Crippen molar-refractivity contribution in [3.8, 4) is 11.1 Å². The Hall–Kier alpha value is -4.53. The van der Waals surface area contributed by atoms with E-state index in [1.165, 1.54) is 68.3 Å². The lowest BCUT2D eigenvalue weighted by molar-refractivity contribution is -0.139. The molecule has 2 N–H and O–H groups in total. The fraction of sp³-hybridized carbons (Fsp3) is 0.537. The van der Waals surface area contributed by atoms with Crippen LogP contribution in [0.25, 0.3) is 11.1 Å². The number of methoxy groups -OCH3 is 1. The first-order chi connectivity index (χ1) is 35.1. The predicted molar refractivity (Wildman–Crippen MR) is 308 cm³/mol. The number of esters is 1. The zero-order chi connectivity index (χ0) is 53.7. The number of aryl methyl sites for hydroxylation is 6. The Balaban J connectivity index is 0.000000217. The van der Waals surface area contributed by atoms with E-state index < -0.39 is 11.2 Å². The van der Waals surface area contributed by atoms with Gasteiger partial charge in [-0.25, -0.2) is 0 Å². The fourth-order valence-electron chi connectivity index (χ4n) is 12.8. The highest BCUT2D eigenvalue weighted by Crippen LogP contribution is 2.44. The second-order valence-corrected chi connectivity index (χ2v) is 23.9. The van der Waals surface area contributed by atoms with Crippen LogP contribution < -0.4 is 5.46 Å². The third-order valence-electron chi connectivity index (χ3n) is 18.9. The van der Waals surface area contributed by atoms with Gasteiger partial charge in [0.1, 0.15) is 0 Å². The topological polar surface area (TPSA) is 85.2 Å². The third-order valence-corrected chi connectivity index (χ3v) is 18.9. The summed E-state index contributed by atoms with van der Waals surface area (Å²) in [5.41, 5.74) is 16.1. The van der Waals surface area contributed by atoms with E-state index in [4.69, 9.17) is 14.0 Å². The quantitative estimate of drug-likeness (QED) is 0.0672. The van der Waals surface area contributed by atoms with Crippen LogP contribution in [0.4, 0.5) is 0 Å². The summed E-state index contributed by atoms with van der Waals surface area (Å²) in [5.74, 6) is -0.219. The predicted octanol–water partition coefficient (Wildman–Crippen LogP) is 15.0. The molecule has 7 heteroatoms. The number of hydrogen-bond donors (Lipinski definition) is 2. The van der Waals surface area contributed by atoms with Crippen molar-refractivity contribution in [2.24, 2.45) is 0 Å². The molecule has 5 aromatic carbocycles. The number of aliphatic hydroxyl groups is 2. The summed E-state index contributed by atoms with van der Waals surface area (Å²) in [6, 6.07) is 36.1. The molecule has 0 unspecified atom stereocenters. The largest absolute Gasteiger partial charge is 0.495 e. The van der Waals surface area contributed by atoms with Crippen molar-refractivity contribution in [3.05, 3.63) is 158 Å². The Labute approximate surface area is 447 Å². The summed E-state index contributed by atoms with van der Waals surface area (Å²) in [7, 11) is 1.09. The molecule has 1 heterocycles. The van der Waals surface area contributed by atoms with Crippen molar-refractivity contribution in [2.75, 3.05) is 7.11 Å². The molecule has 1 saturated heterocycles. The van der Waals surface area contributed by atoms with E-state index in [0.717, 1.165) is 119 Å². The maximum Gasteiger partial charge on any atom is 0.495 e. The van der Waals surface area contributed by atoms with Gasteiger partial charge in [0, 0.05) is 10.8 Å². The highest BCUT2D eigenvalue weighted by atomic mass is 16.7. The molecule has 3 aliphatic rings. The van der Waals surface area contributed by atoms with E-state index >= 15 is 0 Å². The van der Waals surface area contributed by atoms with Crippen LogP contribution in [0.1, 0.15) is 206 Å². The van der Waals surface area contributed by atoms with Gasteiger partial charge in [0.15, 0.2) is 0 Å². The number of carbonyl (C=O) groups is 1. The van der Waals surface area contributed by atoms with E-state index in [1.54, 1.807) is 0 Å². The Bertz CT molecular complexity index is 2680. The minimum absolute atomic E-state index is 0.0355. The summed E-state index contributed by atoms with van der Waals surface area (Å²) >= 11 is 0. The second kappa shape index (κ2) is 23.4. The van der Waals surface area contributed by atoms with Crippen molar-refractivity contribution in [2.45, 2.75) is 225 Å². The van der Waals surface area contributed by atoms with Gasteiger partial charge in [-0.3, -0.25) is 4.79 Å². The molecule has 0 atom stereocenters.